The Bertz CT molecular complexity index is 610. The number of aromatic nitrogens is 2. The van der Waals surface area contributed by atoms with E-state index in [1.54, 1.807) is 24.7 Å². The number of hydrogen-bond donors (Lipinski definition) is 1. The van der Waals surface area contributed by atoms with Gasteiger partial charge < -0.3 is 14.4 Å². The summed E-state index contributed by atoms with van der Waals surface area (Å²) in [5.74, 6) is -0.845. The summed E-state index contributed by atoms with van der Waals surface area (Å²) in [5.41, 5.74) is 0.874. The van der Waals surface area contributed by atoms with Crippen LogP contribution in [0.1, 0.15) is 29.4 Å². The van der Waals surface area contributed by atoms with Crippen LogP contribution in [0.3, 0.4) is 0 Å². The van der Waals surface area contributed by atoms with Gasteiger partial charge in [0.1, 0.15) is 17.9 Å². The molecule has 6 heteroatoms. The number of carboxylic acid groups (broad SMARTS) is 1. The van der Waals surface area contributed by atoms with Crippen molar-refractivity contribution in [3.05, 3.63) is 47.0 Å². The Labute approximate surface area is 121 Å². The van der Waals surface area contributed by atoms with Gasteiger partial charge in [-0.25, -0.2) is 9.78 Å². The summed E-state index contributed by atoms with van der Waals surface area (Å²) in [4.78, 5) is 15.3. The number of carboxylic acids is 1. The molecule has 106 valence electrons. The predicted octanol–water partition coefficient (Wildman–Crippen LogP) is 3.22. The highest BCUT2D eigenvalue weighted by Gasteiger charge is 2.16. The normalized spacial score (nSPS) is 10.5. The standard InChI is InChI=1S/C14H15ClN2O3/c1-2-6-17-9-16-7-10(17)8-20-12-5-3-4-11(15)13(12)14(18)19/h3-5,7,9H,2,6,8H2,1H3,(H,18,19). The molecule has 0 spiro atoms. The van der Waals surface area contributed by atoms with E-state index in [1.807, 2.05) is 4.57 Å². The van der Waals surface area contributed by atoms with Crippen LogP contribution in [0.2, 0.25) is 5.02 Å². The number of imidazole rings is 1. The summed E-state index contributed by atoms with van der Waals surface area (Å²) in [6.07, 6.45) is 4.43. The quantitative estimate of drug-likeness (QED) is 0.888. The van der Waals surface area contributed by atoms with Gasteiger partial charge in [0, 0.05) is 6.54 Å². The predicted molar refractivity (Wildman–Crippen MR) is 75.3 cm³/mol. The van der Waals surface area contributed by atoms with E-state index in [0.717, 1.165) is 18.7 Å². The fourth-order valence-electron chi connectivity index (χ4n) is 1.89. The maximum atomic E-state index is 11.2. The lowest BCUT2D eigenvalue weighted by molar-refractivity contribution is 0.0692. The zero-order valence-corrected chi connectivity index (χ0v) is 11.8. The zero-order chi connectivity index (χ0) is 14.5. The van der Waals surface area contributed by atoms with Crippen LogP contribution < -0.4 is 4.74 Å². The molecule has 1 heterocycles. The third-order valence-corrected chi connectivity index (χ3v) is 3.14. The first kappa shape index (κ1) is 14.4. The van der Waals surface area contributed by atoms with Gasteiger partial charge in [-0.15, -0.1) is 0 Å². The average Bonchev–Trinajstić information content (AvgIpc) is 2.84. The highest BCUT2D eigenvalue weighted by Crippen LogP contribution is 2.27. The molecule has 20 heavy (non-hydrogen) atoms. The van der Waals surface area contributed by atoms with E-state index in [9.17, 15) is 4.79 Å². The van der Waals surface area contributed by atoms with Crippen molar-refractivity contribution in [2.45, 2.75) is 26.5 Å². The van der Waals surface area contributed by atoms with Crippen molar-refractivity contribution < 1.29 is 14.6 Å². The molecule has 0 saturated carbocycles. The molecule has 0 aliphatic rings. The first-order valence-electron chi connectivity index (χ1n) is 6.27. The molecular formula is C14H15ClN2O3. The van der Waals surface area contributed by atoms with Gasteiger partial charge in [-0.2, -0.15) is 0 Å². The second-order valence-electron chi connectivity index (χ2n) is 4.29. The van der Waals surface area contributed by atoms with Crippen LogP contribution in [0.15, 0.2) is 30.7 Å². The Hall–Kier alpha value is -2.01. The molecule has 0 saturated heterocycles. The molecular weight excluding hydrogens is 280 g/mol. The van der Waals surface area contributed by atoms with Crippen LogP contribution in [0.25, 0.3) is 0 Å². The Kier molecular flexibility index (Phi) is 4.63. The largest absolute Gasteiger partial charge is 0.486 e. The minimum atomic E-state index is -1.10. The molecule has 0 aliphatic carbocycles. The van der Waals surface area contributed by atoms with Gasteiger partial charge in [-0.3, -0.25) is 0 Å². The molecule has 1 N–H and O–H groups in total. The van der Waals surface area contributed by atoms with Crippen molar-refractivity contribution >= 4 is 17.6 Å². The lowest BCUT2D eigenvalue weighted by Gasteiger charge is -2.11. The fraction of sp³-hybridized carbons (Fsp3) is 0.286. The minimum Gasteiger partial charge on any atom is -0.486 e. The van der Waals surface area contributed by atoms with E-state index < -0.39 is 5.97 Å². The van der Waals surface area contributed by atoms with Gasteiger partial charge in [0.25, 0.3) is 0 Å². The molecule has 0 aliphatic heterocycles. The van der Waals surface area contributed by atoms with Crippen molar-refractivity contribution in [1.29, 1.82) is 0 Å². The molecule has 1 aromatic heterocycles. The van der Waals surface area contributed by atoms with Gasteiger partial charge in [0.05, 0.1) is 23.2 Å². The zero-order valence-electron chi connectivity index (χ0n) is 11.0. The highest BCUT2D eigenvalue weighted by atomic mass is 35.5. The molecule has 0 atom stereocenters. The molecule has 5 nitrogen and oxygen atoms in total. The first-order valence-corrected chi connectivity index (χ1v) is 6.65. The van der Waals surface area contributed by atoms with Crippen LogP contribution in [-0.2, 0) is 13.2 Å². The fourth-order valence-corrected chi connectivity index (χ4v) is 2.14. The number of ether oxygens (including phenoxy) is 1. The molecule has 0 bridgehead atoms. The van der Waals surface area contributed by atoms with Crippen molar-refractivity contribution in [1.82, 2.24) is 9.55 Å². The minimum absolute atomic E-state index is 0.0178. The monoisotopic (exact) mass is 294 g/mol. The summed E-state index contributed by atoms with van der Waals surface area (Å²) >= 11 is 5.89. The summed E-state index contributed by atoms with van der Waals surface area (Å²) in [6.45, 7) is 3.17. The van der Waals surface area contributed by atoms with Crippen molar-refractivity contribution in [3.63, 3.8) is 0 Å². The van der Waals surface area contributed by atoms with E-state index in [2.05, 4.69) is 11.9 Å². The van der Waals surface area contributed by atoms with Gasteiger partial charge in [0.15, 0.2) is 0 Å². The Morgan fingerprint density at radius 1 is 1.50 bits per heavy atom. The molecule has 2 aromatic rings. The first-order chi connectivity index (χ1) is 9.63. The number of hydrogen-bond acceptors (Lipinski definition) is 3. The Morgan fingerprint density at radius 3 is 3.00 bits per heavy atom. The van der Waals surface area contributed by atoms with Crippen LogP contribution in [-0.4, -0.2) is 20.6 Å². The van der Waals surface area contributed by atoms with Crippen LogP contribution in [0.5, 0.6) is 5.75 Å². The lowest BCUT2D eigenvalue weighted by atomic mass is 10.2. The molecule has 0 fully saturated rings. The van der Waals surface area contributed by atoms with Crippen LogP contribution in [0, 0.1) is 0 Å². The third kappa shape index (κ3) is 3.11. The van der Waals surface area contributed by atoms with Crippen molar-refractivity contribution in [3.8, 4) is 5.75 Å². The Morgan fingerprint density at radius 2 is 2.30 bits per heavy atom. The maximum Gasteiger partial charge on any atom is 0.341 e. The smallest absolute Gasteiger partial charge is 0.341 e. The van der Waals surface area contributed by atoms with Gasteiger partial charge in [-0.1, -0.05) is 24.6 Å². The van der Waals surface area contributed by atoms with Gasteiger partial charge >= 0.3 is 5.97 Å². The van der Waals surface area contributed by atoms with E-state index in [4.69, 9.17) is 21.4 Å². The number of nitrogens with zero attached hydrogens (tertiary/aromatic N) is 2. The average molecular weight is 295 g/mol. The van der Waals surface area contributed by atoms with E-state index in [0.29, 0.717) is 0 Å². The number of halogens is 1. The van der Waals surface area contributed by atoms with E-state index >= 15 is 0 Å². The van der Waals surface area contributed by atoms with Crippen LogP contribution in [0.4, 0.5) is 0 Å². The number of aromatic carboxylic acids is 1. The molecule has 2 rings (SSSR count). The van der Waals surface area contributed by atoms with E-state index in [-0.39, 0.29) is 22.9 Å². The number of benzene rings is 1. The van der Waals surface area contributed by atoms with Crippen molar-refractivity contribution in [2.24, 2.45) is 0 Å². The van der Waals surface area contributed by atoms with Crippen molar-refractivity contribution in [2.75, 3.05) is 0 Å². The lowest BCUT2D eigenvalue weighted by Crippen LogP contribution is -2.08. The maximum absolute atomic E-state index is 11.2. The second kappa shape index (κ2) is 6.43. The summed E-state index contributed by atoms with van der Waals surface area (Å²) in [5, 5.41) is 9.32. The number of carbonyl (C=O) groups is 1. The molecule has 0 radical (unpaired) electrons. The summed E-state index contributed by atoms with van der Waals surface area (Å²) in [6, 6.07) is 4.78. The van der Waals surface area contributed by atoms with E-state index in [1.165, 1.54) is 6.07 Å². The molecule has 0 unspecified atom stereocenters. The number of rotatable bonds is 6. The Balaban J connectivity index is 2.17. The van der Waals surface area contributed by atoms with Crippen LogP contribution >= 0.6 is 11.6 Å². The highest BCUT2D eigenvalue weighted by molar-refractivity contribution is 6.33. The summed E-state index contributed by atoms with van der Waals surface area (Å²) < 4.78 is 7.56. The molecule has 1 aromatic carbocycles. The third-order valence-electron chi connectivity index (χ3n) is 2.83. The van der Waals surface area contributed by atoms with Gasteiger partial charge in [-0.05, 0) is 18.6 Å². The summed E-state index contributed by atoms with van der Waals surface area (Å²) in [7, 11) is 0. The second-order valence-corrected chi connectivity index (χ2v) is 4.69. The topological polar surface area (TPSA) is 64.4 Å². The molecule has 0 amide bonds. The number of aryl methyl sites for hydroxylation is 1. The van der Waals surface area contributed by atoms with Gasteiger partial charge in [0.2, 0.25) is 0 Å². The SMILES string of the molecule is CCCn1cncc1COc1cccc(Cl)c1C(=O)O.